The Morgan fingerprint density at radius 1 is 1.13 bits per heavy atom. The Morgan fingerprint density at radius 3 is 2.94 bits per heavy atom. The normalized spacial score (nSPS) is 15.6. The number of aryl methyl sites for hydroxylation is 2. The van der Waals surface area contributed by atoms with E-state index in [0.29, 0.717) is 12.5 Å². The van der Waals surface area contributed by atoms with Crippen molar-refractivity contribution in [2.75, 3.05) is 7.05 Å². The Bertz CT molecular complexity index is 1260. The number of carbonyl (C=O) groups excluding carboxylic acids is 1. The molecule has 0 fully saturated rings. The van der Waals surface area contributed by atoms with Crippen LogP contribution in [0.2, 0.25) is 0 Å². The lowest BCUT2D eigenvalue weighted by Crippen LogP contribution is -2.26. The third-order valence-corrected chi connectivity index (χ3v) is 6.17. The monoisotopic (exact) mass is 411 g/mol. The molecular formula is C25H25N5O. The Kier molecular flexibility index (Phi) is 4.98. The van der Waals surface area contributed by atoms with Gasteiger partial charge in [-0.15, -0.1) is 10.2 Å². The van der Waals surface area contributed by atoms with Crippen LogP contribution in [0.15, 0.2) is 60.8 Å². The molecule has 6 heteroatoms. The molecule has 0 bridgehead atoms. The topological polar surface area (TPSA) is 63.9 Å². The van der Waals surface area contributed by atoms with Crippen LogP contribution in [0, 0.1) is 6.92 Å². The molecule has 0 aliphatic carbocycles. The van der Waals surface area contributed by atoms with Gasteiger partial charge in [-0.1, -0.05) is 24.3 Å². The number of aromatic nitrogens is 4. The molecule has 0 radical (unpaired) electrons. The number of benzene rings is 2. The van der Waals surface area contributed by atoms with Crippen LogP contribution >= 0.6 is 0 Å². The molecule has 2 aromatic carbocycles. The minimum absolute atomic E-state index is 0.0325. The van der Waals surface area contributed by atoms with E-state index in [9.17, 15) is 4.79 Å². The summed E-state index contributed by atoms with van der Waals surface area (Å²) >= 11 is 0. The van der Waals surface area contributed by atoms with E-state index in [1.807, 2.05) is 50.4 Å². The summed E-state index contributed by atoms with van der Waals surface area (Å²) < 4.78 is 2.20. The lowest BCUT2D eigenvalue weighted by atomic mass is 9.90. The first-order chi connectivity index (χ1) is 15.1. The molecule has 0 saturated carbocycles. The van der Waals surface area contributed by atoms with Gasteiger partial charge >= 0.3 is 0 Å². The third-order valence-electron chi connectivity index (χ3n) is 6.17. The van der Waals surface area contributed by atoms with Crippen molar-refractivity contribution >= 4 is 16.8 Å². The molecular weight excluding hydrogens is 386 g/mol. The molecule has 0 saturated heterocycles. The number of hydrogen-bond acceptors (Lipinski definition) is 4. The van der Waals surface area contributed by atoms with Gasteiger partial charge in [-0.2, -0.15) is 0 Å². The molecule has 1 amide bonds. The third kappa shape index (κ3) is 3.81. The fourth-order valence-corrected chi connectivity index (χ4v) is 4.45. The summed E-state index contributed by atoms with van der Waals surface area (Å²) in [4.78, 5) is 19.3. The maximum Gasteiger partial charge on any atom is 0.253 e. The van der Waals surface area contributed by atoms with Crippen LogP contribution in [-0.2, 0) is 19.5 Å². The molecule has 1 aliphatic heterocycles. The van der Waals surface area contributed by atoms with Crippen LogP contribution < -0.4 is 0 Å². The number of amides is 1. The summed E-state index contributed by atoms with van der Waals surface area (Å²) in [6.07, 6.45) is 3.74. The molecule has 0 spiro atoms. The van der Waals surface area contributed by atoms with Crippen molar-refractivity contribution in [2.45, 2.75) is 38.8 Å². The second-order valence-electron chi connectivity index (χ2n) is 8.33. The van der Waals surface area contributed by atoms with E-state index >= 15 is 0 Å². The van der Waals surface area contributed by atoms with Crippen LogP contribution in [0.25, 0.3) is 10.9 Å². The summed E-state index contributed by atoms with van der Waals surface area (Å²) in [6, 6.07) is 18.2. The summed E-state index contributed by atoms with van der Waals surface area (Å²) in [5.41, 5.74) is 3.99. The zero-order chi connectivity index (χ0) is 21.4. The van der Waals surface area contributed by atoms with E-state index in [-0.39, 0.29) is 5.91 Å². The Hall–Kier alpha value is -3.54. The highest BCUT2D eigenvalue weighted by atomic mass is 16.2. The van der Waals surface area contributed by atoms with Gasteiger partial charge in [0.2, 0.25) is 0 Å². The van der Waals surface area contributed by atoms with E-state index in [0.717, 1.165) is 53.1 Å². The van der Waals surface area contributed by atoms with Crippen LogP contribution in [0.3, 0.4) is 0 Å². The molecule has 0 N–H and O–H groups in total. The molecule has 1 aliphatic rings. The van der Waals surface area contributed by atoms with Gasteiger partial charge in [0.1, 0.15) is 11.6 Å². The number of rotatable bonds is 4. The number of hydrogen-bond donors (Lipinski definition) is 0. The van der Waals surface area contributed by atoms with E-state index in [4.69, 9.17) is 0 Å². The molecule has 6 nitrogen and oxygen atoms in total. The van der Waals surface area contributed by atoms with Gasteiger partial charge in [-0.25, -0.2) is 0 Å². The highest BCUT2D eigenvalue weighted by Gasteiger charge is 2.23. The summed E-state index contributed by atoms with van der Waals surface area (Å²) in [5, 5.41) is 9.55. The molecule has 1 atom stereocenters. The number of carbonyl (C=O) groups is 1. The predicted octanol–water partition coefficient (Wildman–Crippen LogP) is 4.14. The van der Waals surface area contributed by atoms with Crippen LogP contribution in [-0.4, -0.2) is 37.6 Å². The van der Waals surface area contributed by atoms with Gasteiger partial charge in [0.15, 0.2) is 0 Å². The second-order valence-corrected chi connectivity index (χ2v) is 8.33. The Morgan fingerprint density at radius 2 is 2.03 bits per heavy atom. The van der Waals surface area contributed by atoms with Crippen molar-refractivity contribution in [1.29, 1.82) is 0 Å². The average Bonchev–Trinajstić information content (AvgIpc) is 3.18. The first-order valence-electron chi connectivity index (χ1n) is 10.7. The minimum Gasteiger partial charge on any atom is -0.337 e. The van der Waals surface area contributed by atoms with Crippen molar-refractivity contribution < 1.29 is 4.79 Å². The van der Waals surface area contributed by atoms with E-state index in [1.165, 1.54) is 5.56 Å². The fourth-order valence-electron chi connectivity index (χ4n) is 4.45. The van der Waals surface area contributed by atoms with Gasteiger partial charge in [-0.3, -0.25) is 9.78 Å². The Labute approximate surface area is 181 Å². The number of fused-ring (bicyclic) bond motifs is 2. The quantitative estimate of drug-likeness (QED) is 0.506. The maximum atomic E-state index is 13.1. The van der Waals surface area contributed by atoms with Crippen LogP contribution in [0.5, 0.6) is 0 Å². The fraction of sp³-hybridized carbons (Fsp3) is 0.280. The highest BCUT2D eigenvalue weighted by molar-refractivity contribution is 5.94. The van der Waals surface area contributed by atoms with Crippen LogP contribution in [0.4, 0.5) is 0 Å². The second kappa shape index (κ2) is 7.95. The largest absolute Gasteiger partial charge is 0.337 e. The maximum absolute atomic E-state index is 13.1. The average molecular weight is 412 g/mol. The minimum atomic E-state index is 0.0325. The van der Waals surface area contributed by atoms with Gasteiger partial charge < -0.3 is 9.47 Å². The molecule has 3 heterocycles. The predicted molar refractivity (Wildman–Crippen MR) is 120 cm³/mol. The van der Waals surface area contributed by atoms with E-state index in [2.05, 4.69) is 37.9 Å². The molecule has 31 heavy (non-hydrogen) atoms. The zero-order valence-electron chi connectivity index (χ0n) is 17.8. The van der Waals surface area contributed by atoms with Gasteiger partial charge in [0.25, 0.3) is 5.91 Å². The zero-order valence-corrected chi connectivity index (χ0v) is 17.8. The summed E-state index contributed by atoms with van der Waals surface area (Å²) in [5.74, 6) is 2.42. The molecule has 5 rings (SSSR count). The van der Waals surface area contributed by atoms with Crippen molar-refractivity contribution in [3.63, 3.8) is 0 Å². The number of pyridine rings is 1. The smallest absolute Gasteiger partial charge is 0.253 e. The van der Waals surface area contributed by atoms with Crippen molar-refractivity contribution in [2.24, 2.45) is 0 Å². The lowest BCUT2D eigenvalue weighted by molar-refractivity contribution is 0.0785. The highest BCUT2D eigenvalue weighted by Crippen LogP contribution is 2.29. The van der Waals surface area contributed by atoms with Gasteiger partial charge in [0.05, 0.1) is 5.52 Å². The van der Waals surface area contributed by atoms with E-state index in [1.54, 1.807) is 11.1 Å². The lowest BCUT2D eigenvalue weighted by Gasteiger charge is -2.25. The first kappa shape index (κ1) is 19.4. The SMILES string of the molecule is Cc1nnc2n1CC(c1cccc(C(=O)N(C)Cc3ccc4ncccc4c3)c1)CC2. The number of nitrogens with zero attached hydrogens (tertiary/aromatic N) is 5. The van der Waals surface area contributed by atoms with Crippen LogP contribution in [0.1, 0.15) is 45.5 Å². The van der Waals surface area contributed by atoms with E-state index < -0.39 is 0 Å². The summed E-state index contributed by atoms with van der Waals surface area (Å²) in [6.45, 7) is 3.42. The van der Waals surface area contributed by atoms with Gasteiger partial charge in [0, 0.05) is 49.6 Å². The van der Waals surface area contributed by atoms with Crippen molar-refractivity contribution in [3.05, 3.63) is 89.1 Å². The first-order valence-corrected chi connectivity index (χ1v) is 10.7. The molecule has 156 valence electrons. The Balaban J connectivity index is 1.33. The van der Waals surface area contributed by atoms with Gasteiger partial charge in [-0.05, 0) is 54.8 Å². The summed E-state index contributed by atoms with van der Waals surface area (Å²) in [7, 11) is 1.86. The standard InChI is InChI=1S/C25H25N5O/c1-17-27-28-24-11-9-22(16-30(17)24)19-5-3-6-21(14-19)25(31)29(2)15-18-8-10-23-20(13-18)7-4-12-26-23/h3-8,10,12-14,22H,9,11,15-16H2,1-2H3. The molecule has 2 aromatic heterocycles. The van der Waals surface area contributed by atoms with Crippen molar-refractivity contribution in [1.82, 2.24) is 24.6 Å². The van der Waals surface area contributed by atoms with Crippen molar-refractivity contribution in [3.8, 4) is 0 Å². The molecule has 4 aromatic rings. The molecule has 1 unspecified atom stereocenters.